The quantitative estimate of drug-likeness (QED) is 0.114. The molecule has 52 heavy (non-hydrogen) atoms. The van der Waals surface area contributed by atoms with Crippen LogP contribution < -0.4 is 20.3 Å². The van der Waals surface area contributed by atoms with Crippen molar-refractivity contribution in [2.24, 2.45) is 16.2 Å². The number of urea groups is 1. The van der Waals surface area contributed by atoms with E-state index in [-0.39, 0.29) is 28.0 Å². The van der Waals surface area contributed by atoms with Crippen LogP contribution in [0.15, 0.2) is 60.3 Å². The predicted molar refractivity (Wildman–Crippen MR) is 206 cm³/mol. The van der Waals surface area contributed by atoms with Crippen molar-refractivity contribution in [2.45, 2.75) is 72.3 Å². The SMILES string of the molecule is C/C(NCC1(C)CC2(C)CC(C)(C)CC(O)(C1)C2)=C(/C=N)c1ccc(-c2ccc3c(c2)N(C(=O)Nc2nc4ccccc4s2)CCO3)nc1C(=O)O. The number of aromatic carboxylic acids is 1. The normalized spacial score (nSPS) is 25.4. The number of nitrogens with zero attached hydrogens (tertiary/aromatic N) is 3. The molecule has 2 aromatic carbocycles. The molecule has 2 saturated carbocycles. The minimum absolute atomic E-state index is 0.0312. The lowest BCUT2D eigenvalue weighted by Gasteiger charge is -2.59. The fourth-order valence-corrected chi connectivity index (χ4v) is 10.6. The first-order valence-corrected chi connectivity index (χ1v) is 18.5. The van der Waals surface area contributed by atoms with Crippen molar-refractivity contribution in [3.8, 4) is 17.0 Å². The number of carboxylic acid groups (broad SMARTS) is 1. The summed E-state index contributed by atoms with van der Waals surface area (Å²) in [5.74, 6) is -0.688. The number of ether oxygens (including phenoxy) is 1. The van der Waals surface area contributed by atoms with Crippen molar-refractivity contribution >= 4 is 56.2 Å². The molecule has 1 aliphatic heterocycles. The number of aromatic nitrogens is 2. The molecule has 5 N–H and O–H groups in total. The molecule has 2 fully saturated rings. The average molecular weight is 723 g/mol. The molecule has 3 heterocycles. The van der Waals surface area contributed by atoms with E-state index < -0.39 is 11.6 Å². The molecule has 11 nitrogen and oxygen atoms in total. The van der Waals surface area contributed by atoms with Gasteiger partial charge in [-0.15, -0.1) is 0 Å². The van der Waals surface area contributed by atoms with Crippen LogP contribution in [-0.4, -0.2) is 63.7 Å². The summed E-state index contributed by atoms with van der Waals surface area (Å²) >= 11 is 1.39. The smallest absolute Gasteiger partial charge is 0.355 e. The van der Waals surface area contributed by atoms with Gasteiger partial charge in [-0.3, -0.25) is 10.2 Å². The number of benzene rings is 2. The molecule has 7 rings (SSSR count). The lowest BCUT2D eigenvalue weighted by Crippen LogP contribution is -2.56. The predicted octanol–water partition coefficient (Wildman–Crippen LogP) is 8.21. The third-order valence-electron chi connectivity index (χ3n) is 10.7. The maximum atomic E-state index is 13.5. The van der Waals surface area contributed by atoms with Gasteiger partial charge in [-0.2, -0.15) is 0 Å². The molecule has 2 aromatic heterocycles. The van der Waals surface area contributed by atoms with E-state index in [0.29, 0.717) is 70.8 Å². The Labute approximate surface area is 307 Å². The molecule has 2 bridgehead atoms. The molecular formula is C40H46N6O5S. The zero-order valence-corrected chi connectivity index (χ0v) is 31.1. The zero-order chi connectivity index (χ0) is 37.1. The highest BCUT2D eigenvalue weighted by atomic mass is 32.1. The molecule has 0 radical (unpaired) electrons. The highest BCUT2D eigenvalue weighted by molar-refractivity contribution is 7.22. The van der Waals surface area contributed by atoms with Gasteiger partial charge in [0.25, 0.3) is 0 Å². The van der Waals surface area contributed by atoms with E-state index in [1.807, 2.05) is 31.2 Å². The largest absolute Gasteiger partial charge is 0.490 e. The van der Waals surface area contributed by atoms with E-state index >= 15 is 0 Å². The first kappa shape index (κ1) is 35.6. The summed E-state index contributed by atoms with van der Waals surface area (Å²) in [4.78, 5) is 36.8. The molecule has 12 heteroatoms. The molecule has 2 aliphatic carbocycles. The van der Waals surface area contributed by atoms with Gasteiger partial charge in [-0.1, -0.05) is 51.2 Å². The summed E-state index contributed by atoms with van der Waals surface area (Å²) in [5.41, 5.74) is 2.82. The third-order valence-corrected chi connectivity index (χ3v) is 11.6. The molecule has 3 atom stereocenters. The lowest BCUT2D eigenvalue weighted by molar-refractivity contribution is -0.159. The van der Waals surface area contributed by atoms with E-state index in [9.17, 15) is 19.8 Å². The van der Waals surface area contributed by atoms with Crippen molar-refractivity contribution < 1.29 is 24.5 Å². The number of fused-ring (bicyclic) bond motifs is 4. The summed E-state index contributed by atoms with van der Waals surface area (Å²) < 4.78 is 6.83. The Morgan fingerprint density at radius 2 is 1.81 bits per heavy atom. The van der Waals surface area contributed by atoms with E-state index in [1.54, 1.807) is 35.2 Å². The molecule has 0 spiro atoms. The second kappa shape index (κ2) is 13.0. The Morgan fingerprint density at radius 3 is 2.54 bits per heavy atom. The summed E-state index contributed by atoms with van der Waals surface area (Å²) in [5, 5.41) is 37.2. The average Bonchev–Trinajstić information content (AvgIpc) is 3.47. The van der Waals surface area contributed by atoms with Crippen LogP contribution in [-0.2, 0) is 0 Å². The fourth-order valence-electron chi connectivity index (χ4n) is 9.79. The topological polar surface area (TPSA) is 161 Å². The van der Waals surface area contributed by atoms with Gasteiger partial charge in [0.15, 0.2) is 10.8 Å². The van der Waals surface area contributed by atoms with Gasteiger partial charge < -0.3 is 25.7 Å². The maximum absolute atomic E-state index is 13.5. The number of nitrogens with one attached hydrogen (secondary N) is 3. The Balaban J connectivity index is 1.13. The first-order chi connectivity index (χ1) is 24.6. The lowest BCUT2D eigenvalue weighted by atomic mass is 9.48. The third kappa shape index (κ3) is 7.01. The number of hydrogen-bond donors (Lipinski definition) is 5. The number of para-hydroxylation sites is 1. The number of aliphatic hydroxyl groups is 1. The minimum Gasteiger partial charge on any atom is -0.490 e. The van der Waals surface area contributed by atoms with Gasteiger partial charge in [0.05, 0.1) is 33.7 Å². The molecule has 2 amide bonds. The molecule has 3 aliphatic rings. The van der Waals surface area contributed by atoms with Crippen LogP contribution in [0.4, 0.5) is 15.6 Å². The number of rotatable bonds is 8. The molecule has 0 saturated heterocycles. The van der Waals surface area contributed by atoms with Crippen molar-refractivity contribution in [3.05, 3.63) is 71.6 Å². The van der Waals surface area contributed by atoms with Gasteiger partial charge in [-0.25, -0.2) is 19.6 Å². The second-order valence-corrected chi connectivity index (χ2v) is 17.5. The first-order valence-electron chi connectivity index (χ1n) is 17.7. The molecular weight excluding hydrogens is 677 g/mol. The van der Waals surface area contributed by atoms with Crippen LogP contribution in [0.5, 0.6) is 5.75 Å². The van der Waals surface area contributed by atoms with E-state index in [0.717, 1.165) is 35.9 Å². The highest BCUT2D eigenvalue weighted by Crippen LogP contribution is 2.61. The van der Waals surface area contributed by atoms with Crippen LogP contribution in [0.3, 0.4) is 0 Å². The maximum Gasteiger partial charge on any atom is 0.355 e. The fraction of sp³-hybridized carbons (Fsp3) is 0.425. The van der Waals surface area contributed by atoms with Gasteiger partial charge in [0.2, 0.25) is 0 Å². The Bertz CT molecular complexity index is 2060. The number of carbonyl (C=O) groups is 2. The minimum atomic E-state index is -1.22. The number of pyridine rings is 1. The van der Waals surface area contributed by atoms with Crippen LogP contribution in [0.25, 0.3) is 27.0 Å². The number of hydrogen-bond acceptors (Lipinski definition) is 9. The Hall–Kier alpha value is -4.81. The summed E-state index contributed by atoms with van der Waals surface area (Å²) in [6.07, 6.45) is 5.47. The Morgan fingerprint density at radius 1 is 1.02 bits per heavy atom. The van der Waals surface area contributed by atoms with Gasteiger partial charge in [0, 0.05) is 35.2 Å². The Kier molecular flexibility index (Phi) is 8.89. The summed E-state index contributed by atoms with van der Waals surface area (Å²) in [6, 6.07) is 16.1. The number of amides is 2. The van der Waals surface area contributed by atoms with Crippen LogP contribution in [0.2, 0.25) is 0 Å². The summed E-state index contributed by atoms with van der Waals surface area (Å²) in [7, 11) is 0. The van der Waals surface area contributed by atoms with Crippen molar-refractivity contribution in [1.82, 2.24) is 15.3 Å². The van der Waals surface area contributed by atoms with E-state index in [4.69, 9.17) is 10.1 Å². The second-order valence-electron chi connectivity index (χ2n) is 16.4. The van der Waals surface area contributed by atoms with Gasteiger partial charge >= 0.3 is 12.0 Å². The zero-order valence-electron chi connectivity index (χ0n) is 30.3. The highest BCUT2D eigenvalue weighted by Gasteiger charge is 2.56. The standard InChI is InChI=1S/C40H46N6O5S/c1-24(42-23-39(5)20-38(4)18-37(2,3)19-40(50,21-38)22-39)27(17-41)26-11-12-28(43-33(26)34(47)48)25-10-13-31-30(16-25)46(14-15-51-31)36(49)45-35-44-29-8-6-7-9-32(29)52-35/h6-13,16-17,41-42,50H,14-15,18-23H2,1-5H3,(H,47,48)(H,44,45,49)/b27-24+,41-17?. The van der Waals surface area contributed by atoms with E-state index in [2.05, 4.69) is 48.3 Å². The van der Waals surface area contributed by atoms with Gasteiger partial charge in [-0.05, 0) is 97.7 Å². The van der Waals surface area contributed by atoms with Crippen LogP contribution >= 0.6 is 11.3 Å². The summed E-state index contributed by atoms with van der Waals surface area (Å²) in [6.45, 7) is 12.1. The van der Waals surface area contributed by atoms with Crippen molar-refractivity contribution in [1.29, 1.82) is 5.41 Å². The monoisotopic (exact) mass is 722 g/mol. The molecule has 3 unspecified atom stereocenters. The van der Waals surface area contributed by atoms with Crippen LogP contribution in [0, 0.1) is 21.7 Å². The molecule has 4 aromatic rings. The molecule has 272 valence electrons. The van der Waals surface area contributed by atoms with Crippen molar-refractivity contribution in [2.75, 3.05) is 29.9 Å². The van der Waals surface area contributed by atoms with Gasteiger partial charge in [0.1, 0.15) is 12.4 Å². The van der Waals surface area contributed by atoms with Crippen molar-refractivity contribution in [3.63, 3.8) is 0 Å². The van der Waals surface area contributed by atoms with E-state index in [1.165, 1.54) is 17.6 Å². The number of thiazole rings is 1. The number of carbonyl (C=O) groups excluding carboxylic acids is 1. The number of anilines is 2. The van der Waals surface area contributed by atoms with Crippen LogP contribution in [0.1, 0.15) is 82.8 Å². The number of allylic oxidation sites excluding steroid dienone is 2. The number of carboxylic acids is 1.